The summed E-state index contributed by atoms with van der Waals surface area (Å²) >= 11 is 0. The van der Waals surface area contributed by atoms with Crippen molar-refractivity contribution in [2.45, 2.75) is 26.6 Å². The molecule has 4 aromatic rings. The van der Waals surface area contributed by atoms with E-state index in [0.29, 0.717) is 16.7 Å². The number of fused-ring (bicyclic) bond motifs is 3. The molecule has 0 bridgehead atoms. The van der Waals surface area contributed by atoms with Crippen LogP contribution >= 0.6 is 0 Å². The molecule has 0 fully saturated rings. The summed E-state index contributed by atoms with van der Waals surface area (Å²) in [6.07, 6.45) is 3.53. The highest BCUT2D eigenvalue weighted by Crippen LogP contribution is 2.36. The summed E-state index contributed by atoms with van der Waals surface area (Å²) in [6, 6.07) is 11.2. The molecule has 0 aliphatic carbocycles. The van der Waals surface area contributed by atoms with Crippen LogP contribution in [0.1, 0.15) is 36.3 Å². The van der Waals surface area contributed by atoms with Crippen molar-refractivity contribution in [1.29, 1.82) is 0 Å². The lowest BCUT2D eigenvalue weighted by Gasteiger charge is -2.09. The van der Waals surface area contributed by atoms with Crippen molar-refractivity contribution in [3.05, 3.63) is 59.9 Å². The first-order valence-electron chi connectivity index (χ1n) is 9.88. The maximum absolute atomic E-state index is 8.45. The monoisotopic (exact) mass is 321 g/mol. The van der Waals surface area contributed by atoms with Crippen molar-refractivity contribution in [1.82, 2.24) is 4.98 Å². The van der Waals surface area contributed by atoms with Crippen LogP contribution in [-0.4, -0.2) is 4.98 Å². The SMILES string of the molecule is [2H]C([2H])([2H])C([2H])(C)c1cc[n+](C)c(-c2c(C)ccc3c2oc2cccnc23)c1. The second kappa shape index (κ2) is 5.45. The van der Waals surface area contributed by atoms with Crippen LogP contribution in [0.25, 0.3) is 33.3 Å². The summed E-state index contributed by atoms with van der Waals surface area (Å²) in [5.41, 5.74) is 5.32. The van der Waals surface area contributed by atoms with Gasteiger partial charge in [-0.05, 0) is 42.1 Å². The smallest absolute Gasteiger partial charge is 0.216 e. The number of hydrogen-bond donors (Lipinski definition) is 0. The van der Waals surface area contributed by atoms with E-state index >= 15 is 0 Å². The van der Waals surface area contributed by atoms with Crippen LogP contribution in [0.4, 0.5) is 0 Å². The first-order valence-corrected chi connectivity index (χ1v) is 7.88. The minimum absolute atomic E-state index is 0.436. The fourth-order valence-electron chi connectivity index (χ4n) is 3.13. The fourth-order valence-corrected chi connectivity index (χ4v) is 3.13. The summed E-state index contributed by atoms with van der Waals surface area (Å²) in [6.45, 7) is 0.984. The van der Waals surface area contributed by atoms with Gasteiger partial charge in [-0.15, -0.1) is 0 Å². The number of nitrogens with zero attached hydrogens (tertiary/aromatic N) is 2. The van der Waals surface area contributed by atoms with Gasteiger partial charge in [0.05, 0.1) is 5.56 Å². The van der Waals surface area contributed by atoms with E-state index in [1.807, 2.05) is 42.8 Å². The van der Waals surface area contributed by atoms with E-state index in [2.05, 4.69) is 4.98 Å². The maximum Gasteiger partial charge on any atom is 0.216 e. The predicted octanol–water partition coefficient (Wildman–Crippen LogP) is 4.90. The average Bonchev–Trinajstić information content (AvgIpc) is 3.00. The molecule has 3 aromatic heterocycles. The summed E-state index contributed by atoms with van der Waals surface area (Å²) in [5, 5.41) is 0.908. The van der Waals surface area contributed by atoms with E-state index in [4.69, 9.17) is 9.90 Å². The zero-order valence-corrected chi connectivity index (χ0v) is 13.9. The Kier molecular flexibility index (Phi) is 2.49. The molecule has 1 unspecified atom stereocenters. The first-order chi connectivity index (χ1) is 13.1. The summed E-state index contributed by atoms with van der Waals surface area (Å²) in [4.78, 5) is 4.44. The second-order valence-corrected chi connectivity index (χ2v) is 6.12. The molecular weight excluding hydrogens is 296 g/mol. The average molecular weight is 321 g/mol. The van der Waals surface area contributed by atoms with Gasteiger partial charge in [-0.2, -0.15) is 0 Å². The second-order valence-electron chi connectivity index (χ2n) is 6.12. The van der Waals surface area contributed by atoms with E-state index in [0.717, 1.165) is 27.7 Å². The van der Waals surface area contributed by atoms with Crippen LogP contribution < -0.4 is 4.57 Å². The largest absolute Gasteiger partial charge is 0.453 e. The molecule has 0 aliphatic heterocycles. The van der Waals surface area contributed by atoms with Gasteiger partial charge in [0, 0.05) is 29.2 Å². The molecule has 24 heavy (non-hydrogen) atoms. The van der Waals surface area contributed by atoms with Gasteiger partial charge in [-0.3, -0.25) is 4.98 Å². The lowest BCUT2D eigenvalue weighted by molar-refractivity contribution is -0.660. The highest BCUT2D eigenvalue weighted by atomic mass is 16.3. The normalized spacial score (nSPS) is 17.1. The molecule has 0 aliphatic rings. The molecule has 4 rings (SSSR count). The zero-order chi connectivity index (χ0) is 20.3. The molecule has 3 heteroatoms. The third-order valence-electron chi connectivity index (χ3n) is 4.44. The van der Waals surface area contributed by atoms with E-state index in [-0.39, 0.29) is 0 Å². The summed E-state index contributed by atoms with van der Waals surface area (Å²) in [5.74, 6) is -1.72. The fraction of sp³-hybridized carbons (Fsp3) is 0.238. The minimum atomic E-state index is -2.44. The van der Waals surface area contributed by atoms with Gasteiger partial charge in [0.2, 0.25) is 5.69 Å². The Morgan fingerprint density at radius 3 is 3.00 bits per heavy atom. The van der Waals surface area contributed by atoms with Crippen LogP contribution in [0.3, 0.4) is 0 Å². The minimum Gasteiger partial charge on any atom is -0.453 e. The molecule has 0 spiro atoms. The lowest BCUT2D eigenvalue weighted by Crippen LogP contribution is -2.31. The van der Waals surface area contributed by atoms with Crippen LogP contribution in [0, 0.1) is 6.92 Å². The topological polar surface area (TPSA) is 29.9 Å². The van der Waals surface area contributed by atoms with Crippen molar-refractivity contribution in [2.75, 3.05) is 0 Å². The summed E-state index contributed by atoms with van der Waals surface area (Å²) < 4.78 is 39.8. The highest BCUT2D eigenvalue weighted by molar-refractivity contribution is 6.07. The van der Waals surface area contributed by atoms with Gasteiger partial charge in [0.25, 0.3) is 0 Å². The Morgan fingerprint density at radius 1 is 1.29 bits per heavy atom. The summed E-state index contributed by atoms with van der Waals surface area (Å²) in [7, 11) is 1.90. The number of pyridine rings is 2. The lowest BCUT2D eigenvalue weighted by atomic mass is 9.97. The zero-order valence-electron chi connectivity index (χ0n) is 17.9. The first kappa shape index (κ1) is 11.0. The molecule has 1 aromatic carbocycles. The molecular formula is C21H21N2O+. The maximum atomic E-state index is 8.45. The van der Waals surface area contributed by atoms with Gasteiger partial charge in [-0.1, -0.05) is 19.8 Å². The van der Waals surface area contributed by atoms with Crippen molar-refractivity contribution < 1.29 is 14.5 Å². The molecule has 0 radical (unpaired) electrons. The molecule has 1 atom stereocenters. The van der Waals surface area contributed by atoms with E-state index in [9.17, 15) is 0 Å². The Labute approximate surface area is 147 Å². The molecule has 3 nitrogen and oxygen atoms in total. The van der Waals surface area contributed by atoms with Crippen LogP contribution in [0.15, 0.2) is 53.2 Å². The van der Waals surface area contributed by atoms with Crippen LogP contribution in [-0.2, 0) is 7.05 Å². The number of aryl methyl sites for hydroxylation is 2. The van der Waals surface area contributed by atoms with Gasteiger partial charge >= 0.3 is 0 Å². The van der Waals surface area contributed by atoms with Crippen molar-refractivity contribution >= 4 is 22.1 Å². The quantitative estimate of drug-likeness (QED) is 0.491. The molecule has 0 N–H and O–H groups in total. The van der Waals surface area contributed by atoms with Crippen LogP contribution in [0.5, 0.6) is 0 Å². The Balaban J connectivity index is 2.03. The van der Waals surface area contributed by atoms with Gasteiger partial charge in [0.15, 0.2) is 17.4 Å². The Morgan fingerprint density at radius 2 is 2.17 bits per heavy atom. The molecule has 0 saturated heterocycles. The standard InChI is InChI=1S/C21H21N2O/c1-13(2)15-9-11-23(4)17(12-15)19-14(3)7-8-16-20-18(24-21(16)19)6-5-10-22-20/h5-13H,1-4H3/q+1/i1D3,13D. The van der Waals surface area contributed by atoms with Crippen LogP contribution in [0.2, 0.25) is 0 Å². The molecule has 120 valence electrons. The van der Waals surface area contributed by atoms with Gasteiger partial charge in [0.1, 0.15) is 12.6 Å². The number of aromatic nitrogens is 2. The number of furan rings is 1. The highest BCUT2D eigenvalue weighted by Gasteiger charge is 2.21. The third kappa shape index (κ3) is 2.20. The third-order valence-corrected chi connectivity index (χ3v) is 4.44. The molecule has 3 heterocycles. The van der Waals surface area contributed by atoms with Crippen molar-refractivity contribution in [3.8, 4) is 11.3 Å². The Bertz CT molecular complexity index is 1210. The van der Waals surface area contributed by atoms with Gasteiger partial charge < -0.3 is 4.42 Å². The van der Waals surface area contributed by atoms with Crippen molar-refractivity contribution in [2.24, 2.45) is 7.05 Å². The van der Waals surface area contributed by atoms with E-state index < -0.39 is 12.7 Å². The number of rotatable bonds is 2. The molecule has 0 amide bonds. The van der Waals surface area contributed by atoms with E-state index in [1.54, 1.807) is 24.5 Å². The van der Waals surface area contributed by atoms with Gasteiger partial charge in [-0.25, -0.2) is 4.57 Å². The predicted molar refractivity (Wildman–Crippen MR) is 97.0 cm³/mol. The van der Waals surface area contributed by atoms with E-state index in [1.165, 1.54) is 6.92 Å². The Hall–Kier alpha value is -2.68. The van der Waals surface area contributed by atoms with Crippen molar-refractivity contribution in [3.63, 3.8) is 0 Å². The number of hydrogen-bond acceptors (Lipinski definition) is 2. The molecule has 0 saturated carbocycles. The number of benzene rings is 1.